The van der Waals surface area contributed by atoms with Gasteiger partial charge in [0.05, 0.1) is 12.1 Å². The Morgan fingerprint density at radius 1 is 1.00 bits per heavy atom. The highest BCUT2D eigenvalue weighted by molar-refractivity contribution is 7.14. The van der Waals surface area contributed by atoms with Gasteiger partial charge in [0.1, 0.15) is 5.82 Å². The first kappa shape index (κ1) is 20.2. The van der Waals surface area contributed by atoms with Gasteiger partial charge in [-0.25, -0.2) is 9.37 Å². The van der Waals surface area contributed by atoms with Crippen molar-refractivity contribution in [3.8, 4) is 0 Å². The average molecular weight is 412 g/mol. The summed E-state index contributed by atoms with van der Waals surface area (Å²) in [6.07, 6.45) is 0.0211. The highest BCUT2D eigenvalue weighted by Crippen LogP contribution is 2.19. The topological polar surface area (TPSA) is 100 Å². The van der Waals surface area contributed by atoms with Crippen molar-refractivity contribution in [2.24, 2.45) is 0 Å². The van der Waals surface area contributed by atoms with Gasteiger partial charge in [0.2, 0.25) is 11.8 Å². The Kier molecular flexibility index (Phi) is 6.30. The van der Waals surface area contributed by atoms with E-state index in [4.69, 9.17) is 0 Å². The molecule has 1 heterocycles. The van der Waals surface area contributed by atoms with Crippen LogP contribution in [-0.2, 0) is 16.0 Å². The van der Waals surface area contributed by atoms with E-state index < -0.39 is 11.7 Å². The minimum Gasteiger partial charge on any atom is -0.326 e. The molecule has 0 aliphatic carbocycles. The van der Waals surface area contributed by atoms with Crippen molar-refractivity contribution in [2.45, 2.75) is 13.3 Å². The van der Waals surface area contributed by atoms with Crippen molar-refractivity contribution >= 4 is 45.6 Å². The van der Waals surface area contributed by atoms with Crippen LogP contribution in [0.1, 0.15) is 23.0 Å². The zero-order chi connectivity index (χ0) is 20.8. The predicted molar refractivity (Wildman–Crippen MR) is 110 cm³/mol. The number of hydrogen-bond acceptors (Lipinski definition) is 5. The number of anilines is 3. The van der Waals surface area contributed by atoms with Gasteiger partial charge in [-0.1, -0.05) is 6.07 Å². The highest BCUT2D eigenvalue weighted by atomic mass is 32.1. The van der Waals surface area contributed by atoms with Crippen molar-refractivity contribution < 1.29 is 18.8 Å². The fourth-order valence-corrected chi connectivity index (χ4v) is 3.17. The van der Waals surface area contributed by atoms with Gasteiger partial charge in [0.15, 0.2) is 5.13 Å². The van der Waals surface area contributed by atoms with Crippen molar-refractivity contribution in [3.05, 3.63) is 71.0 Å². The lowest BCUT2D eigenvalue weighted by Crippen LogP contribution is -2.15. The third-order valence-electron chi connectivity index (χ3n) is 3.69. The molecule has 9 heteroatoms. The van der Waals surface area contributed by atoms with E-state index in [0.29, 0.717) is 27.8 Å². The smallest absolute Gasteiger partial charge is 0.257 e. The first-order chi connectivity index (χ1) is 13.9. The molecule has 0 unspecified atom stereocenters. The van der Waals surface area contributed by atoms with Gasteiger partial charge in [-0.3, -0.25) is 19.7 Å². The Labute approximate surface area is 170 Å². The standard InChI is InChI=1S/C20H17FN4O3S/c1-12(26)22-15-3-2-4-16(9-15)23-18(27)10-17-11-29-20(24-17)25-19(28)13-5-7-14(21)8-6-13/h2-9,11H,10H2,1H3,(H,22,26)(H,23,27)(H,24,25,28). The summed E-state index contributed by atoms with van der Waals surface area (Å²) < 4.78 is 12.9. The van der Waals surface area contributed by atoms with E-state index in [9.17, 15) is 18.8 Å². The molecule has 2 aromatic carbocycles. The molecule has 1 aromatic heterocycles. The second-order valence-corrected chi connectivity index (χ2v) is 6.95. The maximum Gasteiger partial charge on any atom is 0.257 e. The second kappa shape index (κ2) is 9.07. The number of aromatic nitrogens is 1. The van der Waals surface area contributed by atoms with Gasteiger partial charge < -0.3 is 10.6 Å². The SMILES string of the molecule is CC(=O)Nc1cccc(NC(=O)Cc2csc(NC(=O)c3ccc(F)cc3)n2)c1. The monoisotopic (exact) mass is 412 g/mol. The molecule has 3 amide bonds. The molecule has 3 rings (SSSR count). The molecule has 0 bridgehead atoms. The average Bonchev–Trinajstić information content (AvgIpc) is 3.08. The molecule has 0 aliphatic heterocycles. The molecule has 29 heavy (non-hydrogen) atoms. The molecule has 0 saturated heterocycles. The fourth-order valence-electron chi connectivity index (χ4n) is 2.46. The molecule has 3 N–H and O–H groups in total. The Balaban J connectivity index is 1.57. The summed E-state index contributed by atoms with van der Waals surface area (Å²) in [6.45, 7) is 1.40. The largest absolute Gasteiger partial charge is 0.326 e. The van der Waals surface area contributed by atoms with Crippen LogP contribution in [0.15, 0.2) is 53.9 Å². The Bertz CT molecular complexity index is 1050. The van der Waals surface area contributed by atoms with E-state index in [-0.39, 0.29) is 18.2 Å². The van der Waals surface area contributed by atoms with Crippen molar-refractivity contribution in [3.63, 3.8) is 0 Å². The summed E-state index contributed by atoms with van der Waals surface area (Å²) in [6, 6.07) is 11.9. The summed E-state index contributed by atoms with van der Waals surface area (Å²) in [7, 11) is 0. The van der Waals surface area contributed by atoms with Crippen molar-refractivity contribution in [1.82, 2.24) is 4.98 Å². The van der Waals surface area contributed by atoms with Crippen molar-refractivity contribution in [2.75, 3.05) is 16.0 Å². The maximum absolute atomic E-state index is 12.9. The van der Waals surface area contributed by atoms with Crippen LogP contribution in [-0.4, -0.2) is 22.7 Å². The first-order valence-electron chi connectivity index (χ1n) is 8.58. The van der Waals surface area contributed by atoms with Gasteiger partial charge in [-0.15, -0.1) is 11.3 Å². The number of amides is 3. The van der Waals surface area contributed by atoms with Gasteiger partial charge in [-0.05, 0) is 42.5 Å². The number of hydrogen-bond donors (Lipinski definition) is 3. The third-order valence-corrected chi connectivity index (χ3v) is 4.49. The van der Waals surface area contributed by atoms with Crippen LogP contribution in [0.3, 0.4) is 0 Å². The van der Waals surface area contributed by atoms with Gasteiger partial charge in [0, 0.05) is 29.2 Å². The zero-order valence-electron chi connectivity index (χ0n) is 15.4. The van der Waals surface area contributed by atoms with Gasteiger partial charge >= 0.3 is 0 Å². The fraction of sp³-hybridized carbons (Fsp3) is 0.100. The molecular weight excluding hydrogens is 395 g/mol. The summed E-state index contributed by atoms with van der Waals surface area (Å²) in [5.74, 6) is -1.32. The number of carbonyl (C=O) groups excluding carboxylic acids is 3. The Morgan fingerprint density at radius 3 is 2.38 bits per heavy atom. The number of rotatable bonds is 6. The number of carbonyl (C=O) groups is 3. The summed E-state index contributed by atoms with van der Waals surface area (Å²) in [5, 5.41) is 10.0. The van der Waals surface area contributed by atoms with Crippen molar-refractivity contribution in [1.29, 1.82) is 0 Å². The summed E-state index contributed by atoms with van der Waals surface area (Å²) >= 11 is 1.19. The predicted octanol–water partition coefficient (Wildman–Crippen LogP) is 3.67. The lowest BCUT2D eigenvalue weighted by Gasteiger charge is -2.07. The molecule has 0 radical (unpaired) electrons. The lowest BCUT2D eigenvalue weighted by atomic mass is 10.2. The number of nitrogens with zero attached hydrogens (tertiary/aromatic N) is 1. The molecule has 0 aliphatic rings. The van der Waals surface area contributed by atoms with E-state index in [0.717, 1.165) is 0 Å². The first-order valence-corrected chi connectivity index (χ1v) is 9.46. The lowest BCUT2D eigenvalue weighted by molar-refractivity contribution is -0.116. The van der Waals surface area contributed by atoms with Crippen LogP contribution in [0.25, 0.3) is 0 Å². The van der Waals surface area contributed by atoms with Crippen LogP contribution in [0.5, 0.6) is 0 Å². The van der Waals surface area contributed by atoms with Crippen LogP contribution < -0.4 is 16.0 Å². The molecule has 0 saturated carbocycles. The number of nitrogens with one attached hydrogen (secondary N) is 3. The maximum atomic E-state index is 12.9. The molecule has 0 spiro atoms. The van der Waals surface area contributed by atoms with Crippen LogP contribution in [0, 0.1) is 5.82 Å². The number of halogens is 1. The van der Waals surface area contributed by atoms with Crippen LogP contribution in [0.2, 0.25) is 0 Å². The number of thiazole rings is 1. The van der Waals surface area contributed by atoms with E-state index in [1.807, 2.05) is 0 Å². The molecule has 3 aromatic rings. The molecular formula is C20H17FN4O3S. The van der Waals surface area contributed by atoms with E-state index in [1.54, 1.807) is 29.6 Å². The van der Waals surface area contributed by atoms with Crippen LogP contribution in [0.4, 0.5) is 20.9 Å². The molecule has 7 nitrogen and oxygen atoms in total. The summed E-state index contributed by atoms with van der Waals surface area (Å²) in [4.78, 5) is 39.7. The Morgan fingerprint density at radius 2 is 1.69 bits per heavy atom. The minimum atomic E-state index is -0.424. The van der Waals surface area contributed by atoms with Gasteiger partial charge in [0.25, 0.3) is 5.91 Å². The summed E-state index contributed by atoms with van der Waals surface area (Å²) in [5.41, 5.74) is 1.93. The molecule has 0 fully saturated rings. The quantitative estimate of drug-likeness (QED) is 0.575. The zero-order valence-corrected chi connectivity index (χ0v) is 16.2. The molecule has 0 atom stereocenters. The molecule has 148 valence electrons. The van der Waals surface area contributed by atoms with E-state index >= 15 is 0 Å². The minimum absolute atomic E-state index is 0.0211. The third kappa shape index (κ3) is 5.94. The second-order valence-electron chi connectivity index (χ2n) is 6.09. The van der Waals surface area contributed by atoms with Crippen LogP contribution >= 0.6 is 11.3 Å². The van der Waals surface area contributed by atoms with E-state index in [1.165, 1.54) is 42.5 Å². The van der Waals surface area contributed by atoms with Gasteiger partial charge in [-0.2, -0.15) is 0 Å². The normalized spacial score (nSPS) is 10.3. The van der Waals surface area contributed by atoms with E-state index in [2.05, 4.69) is 20.9 Å². The highest BCUT2D eigenvalue weighted by Gasteiger charge is 2.12. The Hall–Kier alpha value is -3.59. The number of benzene rings is 2.